The number of aliphatic hydroxyl groups excluding tert-OH is 2. The Morgan fingerprint density at radius 3 is 2.53 bits per heavy atom. The molecule has 0 amide bonds. The van der Waals surface area contributed by atoms with Gasteiger partial charge in [-0.1, -0.05) is 6.92 Å². The summed E-state index contributed by atoms with van der Waals surface area (Å²) in [5, 5.41) is 22.0. The van der Waals surface area contributed by atoms with Crippen molar-refractivity contribution in [3.8, 4) is 0 Å². The van der Waals surface area contributed by atoms with Gasteiger partial charge in [0.15, 0.2) is 5.76 Å². The van der Waals surface area contributed by atoms with Crippen LogP contribution in [0.2, 0.25) is 0 Å². The van der Waals surface area contributed by atoms with Crippen molar-refractivity contribution in [2.45, 2.75) is 65.6 Å². The number of nitrogens with zero attached hydrogens (tertiary/aromatic N) is 1. The second-order valence-electron chi connectivity index (χ2n) is 9.91. The summed E-state index contributed by atoms with van der Waals surface area (Å²) < 4.78 is 11.3. The normalized spacial score (nSPS) is 37.9. The van der Waals surface area contributed by atoms with E-state index in [-0.39, 0.29) is 29.3 Å². The molecule has 5 atom stereocenters. The van der Waals surface area contributed by atoms with Gasteiger partial charge in [-0.15, -0.1) is 0 Å². The fourth-order valence-electron chi connectivity index (χ4n) is 6.48. The van der Waals surface area contributed by atoms with Crippen LogP contribution in [0.15, 0.2) is 34.3 Å². The zero-order valence-electron chi connectivity index (χ0n) is 19.7. The van der Waals surface area contributed by atoms with Crippen molar-refractivity contribution in [3.63, 3.8) is 0 Å². The summed E-state index contributed by atoms with van der Waals surface area (Å²) >= 11 is 0. The molecule has 1 saturated carbocycles. The Labute approximate surface area is 189 Å². The Kier molecular flexibility index (Phi) is 5.78. The van der Waals surface area contributed by atoms with Crippen molar-refractivity contribution in [2.75, 3.05) is 26.8 Å². The third-order valence-electron chi connectivity index (χ3n) is 8.54. The molecule has 1 heterocycles. The molecule has 0 aromatic heterocycles. The number of Topliss-reactive ketones (excluding diaryl/α,β-unsaturated/α-hetero) is 1. The van der Waals surface area contributed by atoms with E-state index in [0.717, 1.165) is 12.0 Å². The van der Waals surface area contributed by atoms with E-state index in [2.05, 4.69) is 0 Å². The average Bonchev–Trinajstić information content (AvgIpc) is 3.07. The van der Waals surface area contributed by atoms with Crippen LogP contribution in [0.4, 0.5) is 0 Å². The van der Waals surface area contributed by atoms with E-state index in [1.165, 1.54) is 0 Å². The molecule has 1 saturated heterocycles. The molecule has 32 heavy (non-hydrogen) atoms. The first kappa shape index (κ1) is 23.1. The van der Waals surface area contributed by atoms with Gasteiger partial charge in [0.05, 0.1) is 23.7 Å². The van der Waals surface area contributed by atoms with Crippen molar-refractivity contribution in [1.82, 2.24) is 4.90 Å². The minimum Gasteiger partial charge on any atom is -0.504 e. The zero-order valence-corrected chi connectivity index (χ0v) is 19.7. The van der Waals surface area contributed by atoms with Gasteiger partial charge in [0.2, 0.25) is 5.78 Å². The van der Waals surface area contributed by atoms with Gasteiger partial charge in [-0.3, -0.25) is 4.79 Å². The zero-order chi connectivity index (χ0) is 23.4. The lowest BCUT2D eigenvalue weighted by Gasteiger charge is -2.52. The number of ether oxygens (including phenoxy) is 2. The van der Waals surface area contributed by atoms with E-state index in [0.29, 0.717) is 43.5 Å². The molecule has 7 heteroatoms. The number of fused-ring (bicyclic) bond motifs is 4. The maximum absolute atomic E-state index is 13.6. The first-order valence-corrected chi connectivity index (χ1v) is 11.7. The maximum Gasteiger partial charge on any atom is 0.340 e. The fourth-order valence-corrected chi connectivity index (χ4v) is 6.48. The van der Waals surface area contributed by atoms with Crippen molar-refractivity contribution in [2.24, 2.45) is 16.7 Å². The van der Waals surface area contributed by atoms with E-state index in [9.17, 15) is 19.8 Å². The molecule has 3 aliphatic carbocycles. The number of methoxy groups -OCH3 is 1. The van der Waals surface area contributed by atoms with Gasteiger partial charge >= 0.3 is 5.97 Å². The summed E-state index contributed by atoms with van der Waals surface area (Å²) in [7, 11) is 1.55. The Morgan fingerprint density at radius 1 is 1.22 bits per heavy atom. The summed E-state index contributed by atoms with van der Waals surface area (Å²) in [6, 6.07) is 0. The number of hydrogen-bond donors (Lipinski definition) is 2. The summed E-state index contributed by atoms with van der Waals surface area (Å²) in [4.78, 5) is 28.6. The lowest BCUT2D eigenvalue weighted by atomic mass is 9.54. The van der Waals surface area contributed by atoms with Crippen LogP contribution in [-0.4, -0.2) is 65.9 Å². The molecule has 0 radical (unpaired) electrons. The van der Waals surface area contributed by atoms with Crippen LogP contribution >= 0.6 is 0 Å². The molecule has 4 rings (SSSR count). The topological polar surface area (TPSA) is 96.3 Å². The quantitative estimate of drug-likeness (QED) is 0.496. The van der Waals surface area contributed by atoms with Gasteiger partial charge in [0.25, 0.3) is 0 Å². The number of carbonyl (C=O) groups is 2. The highest BCUT2D eigenvalue weighted by molar-refractivity contribution is 6.12. The SMILES string of the molecule is CCN(/C=C1/C(=O)O[C@H](COC)[C@]2(C)C3=C(C(=O)C(O)=C12)[C@@H]1CC[C@H](O)[C@@]1(C)CC3)CC. The van der Waals surface area contributed by atoms with Crippen LogP contribution in [0, 0.1) is 16.7 Å². The fraction of sp³-hybridized carbons (Fsp3) is 0.680. The molecule has 2 N–H and O–H groups in total. The van der Waals surface area contributed by atoms with E-state index in [4.69, 9.17) is 9.47 Å². The van der Waals surface area contributed by atoms with E-state index < -0.39 is 29.4 Å². The molecule has 176 valence electrons. The van der Waals surface area contributed by atoms with Crippen molar-refractivity contribution in [3.05, 3.63) is 34.3 Å². The van der Waals surface area contributed by atoms with Crippen LogP contribution in [0.3, 0.4) is 0 Å². The molecule has 2 fully saturated rings. The highest BCUT2D eigenvalue weighted by Crippen LogP contribution is 2.62. The second kappa shape index (κ2) is 8.03. The molecule has 0 unspecified atom stereocenters. The molecule has 0 bridgehead atoms. The molecule has 4 aliphatic rings. The first-order valence-electron chi connectivity index (χ1n) is 11.7. The molecule has 0 spiro atoms. The highest BCUT2D eigenvalue weighted by Gasteiger charge is 2.61. The third-order valence-corrected chi connectivity index (χ3v) is 8.54. The van der Waals surface area contributed by atoms with E-state index >= 15 is 0 Å². The van der Waals surface area contributed by atoms with Gasteiger partial charge in [0, 0.05) is 43.0 Å². The largest absolute Gasteiger partial charge is 0.504 e. The van der Waals surface area contributed by atoms with Gasteiger partial charge < -0.3 is 24.6 Å². The molecule has 1 aliphatic heterocycles. The number of carbonyl (C=O) groups excluding carboxylic acids is 2. The summed E-state index contributed by atoms with van der Waals surface area (Å²) in [6.07, 6.45) is 3.29. The molecular weight excluding hydrogens is 410 g/mol. The minimum atomic E-state index is -0.870. The predicted molar refractivity (Wildman–Crippen MR) is 119 cm³/mol. The summed E-state index contributed by atoms with van der Waals surface area (Å²) in [5.74, 6) is -1.45. The minimum absolute atomic E-state index is 0.120. The summed E-state index contributed by atoms with van der Waals surface area (Å²) in [5.41, 5.74) is 0.872. The van der Waals surface area contributed by atoms with Crippen molar-refractivity contribution in [1.29, 1.82) is 0 Å². The van der Waals surface area contributed by atoms with Crippen molar-refractivity contribution < 1.29 is 29.3 Å². The third kappa shape index (κ3) is 3.00. The Bertz CT molecular complexity index is 929. The Morgan fingerprint density at radius 2 is 1.91 bits per heavy atom. The monoisotopic (exact) mass is 445 g/mol. The summed E-state index contributed by atoms with van der Waals surface area (Å²) in [6.45, 7) is 9.49. The maximum atomic E-state index is 13.6. The van der Waals surface area contributed by atoms with Gasteiger partial charge in [-0.05, 0) is 57.9 Å². The van der Waals surface area contributed by atoms with Gasteiger partial charge in [-0.25, -0.2) is 4.79 Å². The predicted octanol–water partition coefficient (Wildman–Crippen LogP) is 3.05. The Hall–Kier alpha value is -2.12. The van der Waals surface area contributed by atoms with Crippen LogP contribution in [0.1, 0.15) is 53.4 Å². The highest BCUT2D eigenvalue weighted by atomic mass is 16.6. The number of rotatable bonds is 5. The number of hydrogen-bond acceptors (Lipinski definition) is 7. The van der Waals surface area contributed by atoms with Gasteiger partial charge in [-0.2, -0.15) is 0 Å². The number of allylic oxidation sites excluding steroid dienone is 1. The molecule has 0 aromatic rings. The number of esters is 1. The molecule has 0 aromatic carbocycles. The first-order chi connectivity index (χ1) is 15.1. The van der Waals surface area contributed by atoms with Crippen LogP contribution in [-0.2, 0) is 19.1 Å². The number of ketones is 1. The average molecular weight is 446 g/mol. The molecular formula is C25H35NO6. The smallest absolute Gasteiger partial charge is 0.340 e. The van der Waals surface area contributed by atoms with E-state index in [1.807, 2.05) is 32.6 Å². The lowest BCUT2D eigenvalue weighted by Crippen LogP contribution is -2.53. The Balaban J connectivity index is 1.94. The lowest BCUT2D eigenvalue weighted by molar-refractivity contribution is -0.156. The van der Waals surface area contributed by atoms with Crippen molar-refractivity contribution >= 4 is 11.8 Å². The van der Waals surface area contributed by atoms with E-state index in [1.54, 1.807) is 13.3 Å². The van der Waals surface area contributed by atoms with Crippen LogP contribution in [0.25, 0.3) is 0 Å². The van der Waals surface area contributed by atoms with Crippen LogP contribution in [0.5, 0.6) is 0 Å². The number of cyclic esters (lactones) is 1. The van der Waals surface area contributed by atoms with Crippen LogP contribution < -0.4 is 0 Å². The molecule has 7 nitrogen and oxygen atoms in total. The number of aliphatic hydroxyl groups is 2. The van der Waals surface area contributed by atoms with Gasteiger partial charge in [0.1, 0.15) is 6.10 Å². The standard InChI is InChI=1S/C25H35NO6/c1-6-26(7-2)12-14-20-22(29)21(28)19-15-8-9-17(27)24(15,3)11-10-16(19)25(20,4)18(13-31-5)32-23(14)30/h12,15,17-18,27,29H,6-11,13H2,1-5H3/b14-12+/t15-,17-,18+,24-,25-/m0/s1. The second-order valence-corrected chi connectivity index (χ2v) is 9.91.